The van der Waals surface area contributed by atoms with Crippen LogP contribution in [0.4, 0.5) is 5.82 Å². The minimum atomic E-state index is 0.0597. The Bertz CT molecular complexity index is 393. The molecule has 0 atom stereocenters. The number of aromatic nitrogens is 1. The molecule has 0 amide bonds. The average molecular weight is 263 g/mol. The minimum Gasteiger partial charge on any atom is -0.360 e. The van der Waals surface area contributed by atoms with Gasteiger partial charge < -0.3 is 10.6 Å². The van der Waals surface area contributed by atoms with Gasteiger partial charge in [0.05, 0.1) is 0 Å². The van der Waals surface area contributed by atoms with E-state index < -0.39 is 0 Å². The van der Waals surface area contributed by atoms with Gasteiger partial charge in [-0.15, -0.1) is 0 Å². The molecule has 1 aromatic rings. The summed E-state index contributed by atoms with van der Waals surface area (Å²) in [6, 6.07) is 4.24. The van der Waals surface area contributed by atoms with Crippen LogP contribution in [0.15, 0.2) is 12.1 Å². The molecule has 0 saturated heterocycles. The third kappa shape index (κ3) is 4.83. The molecule has 0 unspecified atom stereocenters. The SMILES string of the molecule is CCCCCN(C)c1cc(CN)cc(C(C)(C)C)n1. The summed E-state index contributed by atoms with van der Waals surface area (Å²) in [5.74, 6) is 1.05. The third-order valence-corrected chi connectivity index (χ3v) is 3.36. The zero-order valence-corrected chi connectivity index (χ0v) is 13.2. The van der Waals surface area contributed by atoms with Crippen molar-refractivity contribution in [3.05, 3.63) is 23.4 Å². The van der Waals surface area contributed by atoms with Crippen LogP contribution < -0.4 is 10.6 Å². The molecule has 0 aromatic carbocycles. The fourth-order valence-corrected chi connectivity index (χ4v) is 1.98. The van der Waals surface area contributed by atoms with Crippen molar-refractivity contribution >= 4 is 5.82 Å². The van der Waals surface area contributed by atoms with Crippen molar-refractivity contribution in [3.8, 4) is 0 Å². The van der Waals surface area contributed by atoms with Crippen LogP contribution in [0.25, 0.3) is 0 Å². The molecular formula is C16H29N3. The Morgan fingerprint density at radius 3 is 2.42 bits per heavy atom. The molecule has 3 nitrogen and oxygen atoms in total. The number of hydrogen-bond acceptors (Lipinski definition) is 3. The summed E-state index contributed by atoms with van der Waals surface area (Å²) in [5.41, 5.74) is 8.15. The molecule has 0 bridgehead atoms. The number of anilines is 1. The van der Waals surface area contributed by atoms with E-state index in [2.05, 4.69) is 51.8 Å². The summed E-state index contributed by atoms with van der Waals surface area (Å²) in [5, 5.41) is 0. The van der Waals surface area contributed by atoms with Crippen LogP contribution in [0.5, 0.6) is 0 Å². The normalized spacial score (nSPS) is 11.7. The molecule has 1 rings (SSSR count). The summed E-state index contributed by atoms with van der Waals surface area (Å²) in [4.78, 5) is 7.04. The largest absolute Gasteiger partial charge is 0.360 e. The molecule has 19 heavy (non-hydrogen) atoms. The smallest absolute Gasteiger partial charge is 0.128 e. The first-order chi connectivity index (χ1) is 8.88. The van der Waals surface area contributed by atoms with Gasteiger partial charge in [0.15, 0.2) is 0 Å². The molecule has 1 heterocycles. The van der Waals surface area contributed by atoms with Crippen molar-refractivity contribution in [2.45, 2.75) is 58.9 Å². The van der Waals surface area contributed by atoms with E-state index in [-0.39, 0.29) is 5.41 Å². The second kappa shape index (κ2) is 6.90. The summed E-state index contributed by atoms with van der Waals surface area (Å²) in [7, 11) is 2.12. The van der Waals surface area contributed by atoms with Gasteiger partial charge in [0, 0.05) is 31.2 Å². The molecule has 0 fully saturated rings. The summed E-state index contributed by atoms with van der Waals surface area (Å²) < 4.78 is 0. The van der Waals surface area contributed by atoms with Gasteiger partial charge in [0.2, 0.25) is 0 Å². The van der Waals surface area contributed by atoms with E-state index in [0.29, 0.717) is 6.54 Å². The van der Waals surface area contributed by atoms with E-state index in [9.17, 15) is 0 Å². The molecule has 0 radical (unpaired) electrons. The lowest BCUT2D eigenvalue weighted by Crippen LogP contribution is -2.23. The molecule has 108 valence electrons. The van der Waals surface area contributed by atoms with Gasteiger partial charge in [-0.25, -0.2) is 4.98 Å². The lowest BCUT2D eigenvalue weighted by atomic mass is 9.90. The first kappa shape index (κ1) is 16.0. The van der Waals surface area contributed by atoms with Crippen LogP contribution in [0, 0.1) is 0 Å². The standard InChI is InChI=1S/C16H29N3/c1-6-7-8-9-19(5)15-11-13(12-17)10-14(18-15)16(2,3)4/h10-11H,6-9,12,17H2,1-5H3. The zero-order chi connectivity index (χ0) is 14.5. The van der Waals surface area contributed by atoms with Crippen LogP contribution in [-0.2, 0) is 12.0 Å². The molecule has 2 N–H and O–H groups in total. The first-order valence-corrected chi connectivity index (χ1v) is 7.31. The van der Waals surface area contributed by atoms with E-state index in [1.807, 2.05) is 0 Å². The van der Waals surface area contributed by atoms with Crippen LogP contribution in [0.2, 0.25) is 0 Å². The van der Waals surface area contributed by atoms with Crippen molar-refractivity contribution < 1.29 is 0 Å². The highest BCUT2D eigenvalue weighted by Crippen LogP contribution is 2.24. The first-order valence-electron chi connectivity index (χ1n) is 7.31. The Labute approximate surface area is 118 Å². The topological polar surface area (TPSA) is 42.1 Å². The van der Waals surface area contributed by atoms with Crippen molar-refractivity contribution in [2.75, 3.05) is 18.5 Å². The van der Waals surface area contributed by atoms with Crippen LogP contribution >= 0.6 is 0 Å². The van der Waals surface area contributed by atoms with Gasteiger partial charge in [-0.05, 0) is 24.1 Å². The number of rotatable bonds is 6. The molecular weight excluding hydrogens is 234 g/mol. The Morgan fingerprint density at radius 1 is 1.21 bits per heavy atom. The quantitative estimate of drug-likeness (QED) is 0.799. The van der Waals surface area contributed by atoms with E-state index in [0.717, 1.165) is 23.6 Å². The number of pyridine rings is 1. The van der Waals surface area contributed by atoms with Crippen LogP contribution in [0.3, 0.4) is 0 Å². The van der Waals surface area contributed by atoms with Gasteiger partial charge in [0.25, 0.3) is 0 Å². The van der Waals surface area contributed by atoms with Crippen molar-refractivity contribution in [1.29, 1.82) is 0 Å². The summed E-state index contributed by atoms with van der Waals surface area (Å²) in [6.45, 7) is 10.4. The highest BCUT2D eigenvalue weighted by atomic mass is 15.2. The van der Waals surface area contributed by atoms with Gasteiger partial charge >= 0.3 is 0 Å². The highest BCUT2D eigenvalue weighted by Gasteiger charge is 2.17. The fourth-order valence-electron chi connectivity index (χ4n) is 1.98. The molecule has 1 aromatic heterocycles. The maximum absolute atomic E-state index is 5.81. The Hall–Kier alpha value is -1.09. The van der Waals surface area contributed by atoms with Crippen molar-refractivity contribution in [1.82, 2.24) is 4.98 Å². The lowest BCUT2D eigenvalue weighted by molar-refractivity contribution is 0.566. The minimum absolute atomic E-state index is 0.0597. The Morgan fingerprint density at radius 2 is 1.89 bits per heavy atom. The number of nitrogens with two attached hydrogens (primary N) is 1. The lowest BCUT2D eigenvalue weighted by Gasteiger charge is -2.24. The van der Waals surface area contributed by atoms with E-state index in [1.54, 1.807) is 0 Å². The molecule has 0 spiro atoms. The van der Waals surface area contributed by atoms with Crippen LogP contribution in [0.1, 0.15) is 58.2 Å². The van der Waals surface area contributed by atoms with E-state index in [1.165, 1.54) is 19.3 Å². The summed E-state index contributed by atoms with van der Waals surface area (Å²) >= 11 is 0. The molecule has 0 aliphatic rings. The average Bonchev–Trinajstić information content (AvgIpc) is 2.37. The third-order valence-electron chi connectivity index (χ3n) is 3.36. The van der Waals surface area contributed by atoms with E-state index >= 15 is 0 Å². The fraction of sp³-hybridized carbons (Fsp3) is 0.688. The molecule has 3 heteroatoms. The van der Waals surface area contributed by atoms with Crippen molar-refractivity contribution in [2.24, 2.45) is 5.73 Å². The van der Waals surface area contributed by atoms with Gasteiger partial charge in [-0.1, -0.05) is 40.5 Å². The molecule has 0 aliphatic heterocycles. The zero-order valence-electron chi connectivity index (χ0n) is 13.2. The maximum atomic E-state index is 5.81. The molecule has 0 saturated carbocycles. The number of nitrogens with zero attached hydrogens (tertiary/aromatic N) is 2. The number of hydrogen-bond donors (Lipinski definition) is 1. The summed E-state index contributed by atoms with van der Waals surface area (Å²) in [6.07, 6.45) is 3.73. The maximum Gasteiger partial charge on any atom is 0.128 e. The second-order valence-electron chi connectivity index (χ2n) is 6.30. The van der Waals surface area contributed by atoms with Crippen molar-refractivity contribution in [3.63, 3.8) is 0 Å². The van der Waals surface area contributed by atoms with Crippen LogP contribution in [-0.4, -0.2) is 18.6 Å². The number of unbranched alkanes of at least 4 members (excludes halogenated alkanes) is 2. The Balaban J connectivity index is 2.93. The van der Waals surface area contributed by atoms with Gasteiger partial charge in [-0.3, -0.25) is 0 Å². The highest BCUT2D eigenvalue weighted by molar-refractivity contribution is 5.43. The van der Waals surface area contributed by atoms with Gasteiger partial charge in [0.1, 0.15) is 5.82 Å². The van der Waals surface area contributed by atoms with E-state index in [4.69, 9.17) is 10.7 Å². The predicted molar refractivity (Wildman–Crippen MR) is 83.6 cm³/mol. The van der Waals surface area contributed by atoms with Gasteiger partial charge in [-0.2, -0.15) is 0 Å². The molecule has 0 aliphatic carbocycles. The second-order valence-corrected chi connectivity index (χ2v) is 6.30. The predicted octanol–water partition coefficient (Wildman–Crippen LogP) is 3.46. The Kier molecular flexibility index (Phi) is 5.80. The monoisotopic (exact) mass is 263 g/mol.